The van der Waals surface area contributed by atoms with Crippen molar-refractivity contribution in [2.45, 2.75) is 13.1 Å². The minimum atomic E-state index is -4.51. The van der Waals surface area contributed by atoms with Crippen molar-refractivity contribution in [1.29, 1.82) is 5.41 Å². The highest BCUT2D eigenvalue weighted by Gasteiger charge is 2.34. The smallest absolute Gasteiger partial charge is 0.289 e. The molecule has 0 radical (unpaired) electrons. The zero-order valence-electron chi connectivity index (χ0n) is 5.09. The molecule has 0 unspecified atom stereocenters. The van der Waals surface area contributed by atoms with Gasteiger partial charge in [0, 0.05) is 0 Å². The Bertz CT molecular complexity index is 170. The van der Waals surface area contributed by atoms with Crippen molar-refractivity contribution in [2.24, 2.45) is 0 Å². The van der Waals surface area contributed by atoms with Crippen LogP contribution in [0.5, 0.6) is 0 Å². The van der Waals surface area contributed by atoms with Crippen molar-refractivity contribution in [2.75, 3.05) is 0 Å². The number of rotatable bonds is 1. The second-order valence-electron chi connectivity index (χ2n) is 1.51. The Morgan fingerprint density at radius 3 is 1.90 bits per heavy atom. The van der Waals surface area contributed by atoms with Gasteiger partial charge in [0.15, 0.2) is 0 Å². The van der Waals surface area contributed by atoms with E-state index in [0.717, 1.165) is 6.08 Å². The van der Waals surface area contributed by atoms with Crippen molar-refractivity contribution >= 4 is 16.8 Å². The van der Waals surface area contributed by atoms with E-state index in [1.54, 1.807) is 0 Å². The average Bonchev–Trinajstić information content (AvgIpc) is 1.60. The molecule has 5 heteroatoms. The van der Waals surface area contributed by atoms with Gasteiger partial charge in [-0.1, -0.05) is 17.7 Å². The SMILES string of the molecule is C/C=C(\C(=N)Cl)C(F)(F)F. The molecular weight excluding hydrogens is 167 g/mol. The van der Waals surface area contributed by atoms with Gasteiger partial charge < -0.3 is 0 Å². The number of allylic oxidation sites excluding steroid dienone is 2. The Balaban J connectivity index is 4.56. The Morgan fingerprint density at radius 1 is 1.50 bits per heavy atom. The van der Waals surface area contributed by atoms with E-state index in [4.69, 9.17) is 17.0 Å². The molecule has 0 aromatic rings. The summed E-state index contributed by atoms with van der Waals surface area (Å²) in [6.45, 7) is 1.18. The van der Waals surface area contributed by atoms with E-state index in [-0.39, 0.29) is 0 Å². The summed E-state index contributed by atoms with van der Waals surface area (Å²) in [5.41, 5.74) is -1.10. The molecule has 0 fully saturated rings. The number of halogens is 4. The van der Waals surface area contributed by atoms with Crippen molar-refractivity contribution in [3.8, 4) is 0 Å². The Kier molecular flexibility index (Phi) is 2.90. The predicted octanol–water partition coefficient (Wildman–Crippen LogP) is 2.71. The van der Waals surface area contributed by atoms with Crippen LogP contribution in [0.1, 0.15) is 6.92 Å². The second-order valence-corrected chi connectivity index (χ2v) is 1.89. The monoisotopic (exact) mass is 171 g/mol. The quantitative estimate of drug-likeness (QED) is 0.587. The molecule has 0 saturated heterocycles. The molecule has 0 heterocycles. The second kappa shape index (κ2) is 3.05. The van der Waals surface area contributed by atoms with Crippen molar-refractivity contribution in [3.63, 3.8) is 0 Å². The zero-order valence-corrected chi connectivity index (χ0v) is 5.85. The van der Waals surface area contributed by atoms with Gasteiger partial charge in [0.25, 0.3) is 0 Å². The molecule has 0 rings (SSSR count). The maximum Gasteiger partial charge on any atom is 0.419 e. The molecule has 1 N–H and O–H groups in total. The van der Waals surface area contributed by atoms with Crippen LogP contribution in [0.15, 0.2) is 11.6 Å². The minimum Gasteiger partial charge on any atom is -0.289 e. The van der Waals surface area contributed by atoms with Crippen LogP contribution in [0.25, 0.3) is 0 Å². The average molecular weight is 172 g/mol. The minimum absolute atomic E-state index is 0.759. The van der Waals surface area contributed by atoms with Gasteiger partial charge in [0.1, 0.15) is 5.17 Å². The largest absolute Gasteiger partial charge is 0.419 e. The first-order chi connectivity index (χ1) is 4.39. The molecule has 0 spiro atoms. The molecule has 0 aromatic heterocycles. The summed E-state index contributed by atoms with van der Waals surface area (Å²) in [7, 11) is 0. The van der Waals surface area contributed by atoms with Gasteiger partial charge in [0.05, 0.1) is 5.57 Å². The van der Waals surface area contributed by atoms with E-state index in [2.05, 4.69) is 0 Å². The molecule has 0 aliphatic heterocycles. The fraction of sp³-hybridized carbons (Fsp3) is 0.400. The summed E-state index contributed by atoms with van der Waals surface area (Å²) in [6.07, 6.45) is -3.75. The van der Waals surface area contributed by atoms with Crippen LogP contribution in [-0.2, 0) is 0 Å². The lowest BCUT2D eigenvalue weighted by atomic mass is 10.3. The highest BCUT2D eigenvalue weighted by atomic mass is 35.5. The summed E-state index contributed by atoms with van der Waals surface area (Å²) in [5.74, 6) is 0. The zero-order chi connectivity index (χ0) is 8.36. The van der Waals surface area contributed by atoms with Crippen molar-refractivity contribution < 1.29 is 13.2 Å². The van der Waals surface area contributed by atoms with Gasteiger partial charge in [0.2, 0.25) is 0 Å². The summed E-state index contributed by atoms with van der Waals surface area (Å²) < 4.78 is 35.0. The maximum atomic E-state index is 11.7. The molecule has 0 aliphatic rings. The highest BCUT2D eigenvalue weighted by Crippen LogP contribution is 2.26. The standard InChI is InChI=1S/C5H5ClF3N/c1-2-3(4(6)10)5(7,8)9/h2,10H,1H3/b3-2+,10-4?. The van der Waals surface area contributed by atoms with Crippen LogP contribution in [0, 0.1) is 5.41 Å². The van der Waals surface area contributed by atoms with Crippen LogP contribution in [-0.4, -0.2) is 11.3 Å². The molecule has 0 atom stereocenters. The molecule has 0 aliphatic carbocycles. The summed E-state index contributed by atoms with van der Waals surface area (Å²) in [4.78, 5) is 0. The van der Waals surface area contributed by atoms with Gasteiger partial charge in [-0.15, -0.1) is 0 Å². The van der Waals surface area contributed by atoms with Gasteiger partial charge >= 0.3 is 6.18 Å². The van der Waals surface area contributed by atoms with E-state index in [1.807, 2.05) is 0 Å². The van der Waals surface area contributed by atoms with E-state index in [0.29, 0.717) is 0 Å². The molecule has 0 amide bonds. The van der Waals surface area contributed by atoms with Crippen LogP contribution in [0.3, 0.4) is 0 Å². The molecule has 0 aromatic carbocycles. The maximum absolute atomic E-state index is 11.7. The van der Waals surface area contributed by atoms with Gasteiger partial charge in [-0.3, -0.25) is 5.41 Å². The van der Waals surface area contributed by atoms with E-state index >= 15 is 0 Å². The third kappa shape index (κ3) is 2.39. The predicted molar refractivity (Wildman–Crippen MR) is 33.4 cm³/mol. The van der Waals surface area contributed by atoms with Crippen LogP contribution in [0.4, 0.5) is 13.2 Å². The Morgan fingerprint density at radius 2 is 1.90 bits per heavy atom. The highest BCUT2D eigenvalue weighted by molar-refractivity contribution is 6.68. The molecule has 0 bridgehead atoms. The first-order valence-corrected chi connectivity index (χ1v) is 2.75. The first-order valence-electron chi connectivity index (χ1n) is 2.37. The van der Waals surface area contributed by atoms with Crippen molar-refractivity contribution in [3.05, 3.63) is 11.6 Å². The summed E-state index contributed by atoms with van der Waals surface area (Å²) in [6, 6.07) is 0. The lowest BCUT2D eigenvalue weighted by molar-refractivity contribution is -0.0859. The summed E-state index contributed by atoms with van der Waals surface area (Å²) in [5, 5.41) is 5.51. The third-order valence-electron chi connectivity index (χ3n) is 0.831. The number of hydrogen-bond acceptors (Lipinski definition) is 1. The lowest BCUT2D eigenvalue weighted by Crippen LogP contribution is -2.15. The van der Waals surface area contributed by atoms with Crippen LogP contribution >= 0.6 is 11.6 Å². The molecule has 58 valence electrons. The topological polar surface area (TPSA) is 23.9 Å². The van der Waals surface area contributed by atoms with E-state index < -0.39 is 16.9 Å². The lowest BCUT2D eigenvalue weighted by Gasteiger charge is -2.06. The molecule has 10 heavy (non-hydrogen) atoms. The normalized spacial score (nSPS) is 13.5. The number of nitrogens with one attached hydrogen (secondary N) is 1. The van der Waals surface area contributed by atoms with Gasteiger partial charge in [-0.2, -0.15) is 13.2 Å². The Hall–Kier alpha value is -0.510. The third-order valence-corrected chi connectivity index (χ3v) is 1.03. The van der Waals surface area contributed by atoms with Gasteiger partial charge in [-0.25, -0.2) is 0 Å². The van der Waals surface area contributed by atoms with E-state index in [1.165, 1.54) is 6.92 Å². The number of alkyl halides is 3. The van der Waals surface area contributed by atoms with Crippen molar-refractivity contribution in [1.82, 2.24) is 0 Å². The number of hydrogen-bond donors (Lipinski definition) is 1. The fourth-order valence-electron chi connectivity index (χ4n) is 0.415. The molecular formula is C5H5ClF3N. The fourth-order valence-corrected chi connectivity index (χ4v) is 0.631. The van der Waals surface area contributed by atoms with E-state index in [9.17, 15) is 13.2 Å². The summed E-state index contributed by atoms with van der Waals surface area (Å²) >= 11 is 4.82. The van der Waals surface area contributed by atoms with Crippen LogP contribution in [0.2, 0.25) is 0 Å². The molecule has 0 saturated carbocycles. The first kappa shape index (κ1) is 9.49. The van der Waals surface area contributed by atoms with Crippen LogP contribution < -0.4 is 0 Å². The molecule has 1 nitrogen and oxygen atoms in total. The Labute approximate surface area is 61.0 Å². The van der Waals surface area contributed by atoms with Gasteiger partial charge in [-0.05, 0) is 6.92 Å².